The van der Waals surface area contributed by atoms with Gasteiger partial charge in [-0.05, 0) is 43.7 Å². The van der Waals surface area contributed by atoms with Gasteiger partial charge in [0.1, 0.15) is 10.6 Å². The van der Waals surface area contributed by atoms with Gasteiger partial charge in [0.2, 0.25) is 0 Å². The van der Waals surface area contributed by atoms with E-state index >= 15 is 0 Å². The van der Waals surface area contributed by atoms with Crippen LogP contribution in [0, 0.1) is 6.92 Å². The van der Waals surface area contributed by atoms with Crippen molar-refractivity contribution >= 4 is 44.7 Å². The fraction of sp³-hybridized carbons (Fsp3) is 0.176. The Balaban J connectivity index is 1.95. The molecule has 0 saturated carbocycles. The number of anilines is 1. The molecule has 140 valence electrons. The van der Waals surface area contributed by atoms with Crippen molar-refractivity contribution in [1.82, 2.24) is 0 Å². The first-order chi connectivity index (χ1) is 12.7. The largest absolute Gasteiger partial charge is 0.296 e. The lowest BCUT2D eigenvalue weighted by Gasteiger charge is -2.12. The molecule has 2 aromatic rings. The van der Waals surface area contributed by atoms with Gasteiger partial charge in [0.05, 0.1) is 11.4 Å². The van der Waals surface area contributed by atoms with Crippen LogP contribution in [-0.2, 0) is 14.9 Å². The van der Waals surface area contributed by atoms with Gasteiger partial charge in [0.25, 0.3) is 16.0 Å². The topological polar surface area (TPSA) is 112 Å². The molecule has 27 heavy (non-hydrogen) atoms. The molecule has 0 radical (unpaired) electrons. The normalized spacial score (nSPS) is 17.6. The van der Waals surface area contributed by atoms with Crippen LogP contribution in [-0.4, -0.2) is 30.6 Å². The zero-order valence-electron chi connectivity index (χ0n) is 14.4. The van der Waals surface area contributed by atoms with Gasteiger partial charge in [-0.1, -0.05) is 29.8 Å². The van der Waals surface area contributed by atoms with Crippen molar-refractivity contribution in [3.8, 4) is 0 Å². The van der Waals surface area contributed by atoms with Crippen LogP contribution in [0.15, 0.2) is 62.7 Å². The van der Waals surface area contributed by atoms with Crippen molar-refractivity contribution in [2.45, 2.75) is 24.8 Å². The zero-order valence-corrected chi connectivity index (χ0v) is 15.9. The average Bonchev–Trinajstić information content (AvgIpc) is 2.89. The second-order valence-electron chi connectivity index (χ2n) is 5.89. The molecular weight excluding hydrogens is 392 g/mol. The number of nitrogens with zero attached hydrogens (tertiary/aromatic N) is 4. The number of azo groups is 1. The number of hydrazone groups is 1. The summed E-state index contributed by atoms with van der Waals surface area (Å²) in [4.78, 5) is 12.1. The van der Waals surface area contributed by atoms with Crippen LogP contribution in [0.4, 0.5) is 11.4 Å². The second-order valence-corrected chi connectivity index (χ2v) is 7.69. The molecule has 10 heteroatoms. The van der Waals surface area contributed by atoms with E-state index in [2.05, 4.69) is 15.3 Å². The molecule has 0 aromatic heterocycles. The number of aryl methyl sites for hydroxylation is 1. The molecule has 8 nitrogen and oxygen atoms in total. The highest BCUT2D eigenvalue weighted by Crippen LogP contribution is 2.31. The van der Waals surface area contributed by atoms with Gasteiger partial charge in [-0.3, -0.25) is 9.35 Å². The third-order valence-corrected chi connectivity index (χ3v) is 5.19. The Morgan fingerprint density at radius 2 is 1.85 bits per heavy atom. The van der Waals surface area contributed by atoms with Crippen LogP contribution >= 0.6 is 11.6 Å². The van der Waals surface area contributed by atoms with E-state index in [-0.39, 0.29) is 10.7 Å². The van der Waals surface area contributed by atoms with Crippen molar-refractivity contribution in [3.05, 3.63) is 53.1 Å². The first-order valence-electron chi connectivity index (χ1n) is 7.81. The monoisotopic (exact) mass is 406 g/mol. The molecule has 2 aromatic carbocycles. The lowest BCUT2D eigenvalue weighted by Crippen LogP contribution is -2.29. The zero-order chi connectivity index (χ0) is 19.8. The number of benzene rings is 2. The molecule has 1 unspecified atom stereocenters. The van der Waals surface area contributed by atoms with Crippen molar-refractivity contribution in [2.75, 3.05) is 5.01 Å². The van der Waals surface area contributed by atoms with Crippen LogP contribution in [0.2, 0.25) is 5.02 Å². The van der Waals surface area contributed by atoms with E-state index in [9.17, 15) is 17.8 Å². The quantitative estimate of drug-likeness (QED) is 0.615. The van der Waals surface area contributed by atoms with E-state index in [1.54, 1.807) is 38.1 Å². The minimum Gasteiger partial charge on any atom is -0.282 e. The number of carbonyl (C=O) groups is 1. The summed E-state index contributed by atoms with van der Waals surface area (Å²) in [5, 5.41) is 13.4. The van der Waals surface area contributed by atoms with E-state index < -0.39 is 27.0 Å². The number of hydrogen-bond donors (Lipinski definition) is 1. The molecule has 0 fully saturated rings. The third kappa shape index (κ3) is 3.90. The van der Waals surface area contributed by atoms with Crippen LogP contribution in [0.3, 0.4) is 0 Å². The summed E-state index contributed by atoms with van der Waals surface area (Å²) in [6.45, 7) is 3.28. The number of amides is 1. The highest BCUT2D eigenvalue weighted by molar-refractivity contribution is 7.86. The van der Waals surface area contributed by atoms with E-state index in [0.717, 1.165) is 6.07 Å². The predicted molar refractivity (Wildman–Crippen MR) is 101 cm³/mol. The average molecular weight is 407 g/mol. The maximum Gasteiger partial charge on any atom is 0.296 e. The Morgan fingerprint density at radius 1 is 1.19 bits per heavy atom. The lowest BCUT2D eigenvalue weighted by molar-refractivity contribution is -0.117. The third-order valence-electron chi connectivity index (χ3n) is 3.90. The Labute approximate surface area is 160 Å². The molecule has 1 aliphatic heterocycles. The minimum atomic E-state index is -4.56. The van der Waals surface area contributed by atoms with Gasteiger partial charge < -0.3 is 0 Å². The van der Waals surface area contributed by atoms with Crippen molar-refractivity contribution in [1.29, 1.82) is 0 Å². The molecule has 0 saturated heterocycles. The smallest absolute Gasteiger partial charge is 0.282 e. The summed E-state index contributed by atoms with van der Waals surface area (Å²) >= 11 is 5.92. The van der Waals surface area contributed by atoms with E-state index in [0.29, 0.717) is 17.0 Å². The van der Waals surface area contributed by atoms with Crippen LogP contribution in [0.25, 0.3) is 0 Å². The second kappa shape index (κ2) is 7.18. The predicted octanol–water partition coefficient (Wildman–Crippen LogP) is 3.77. The highest BCUT2D eigenvalue weighted by Gasteiger charge is 2.34. The summed E-state index contributed by atoms with van der Waals surface area (Å²) in [6, 6.07) is 10.3. The lowest BCUT2D eigenvalue weighted by atomic mass is 10.2. The fourth-order valence-electron chi connectivity index (χ4n) is 2.50. The first-order valence-corrected chi connectivity index (χ1v) is 9.63. The molecule has 0 spiro atoms. The summed E-state index contributed by atoms with van der Waals surface area (Å²) in [5.74, 6) is -0.415. The summed E-state index contributed by atoms with van der Waals surface area (Å²) < 4.78 is 32.5. The van der Waals surface area contributed by atoms with Crippen LogP contribution in [0.5, 0.6) is 0 Å². The standard InChI is InChI=1S/C17H15ClN4O4S/c1-10-8-14(15(9-13(10)18)27(24,25)26)19-20-16-11(2)21-22(17(16)23)12-6-4-3-5-7-12/h3-9,16H,1-2H3,(H,24,25,26). The minimum absolute atomic E-state index is 0.113. The van der Waals surface area contributed by atoms with Gasteiger partial charge in [0.15, 0.2) is 6.04 Å². The van der Waals surface area contributed by atoms with Gasteiger partial charge >= 0.3 is 0 Å². The molecule has 1 N–H and O–H groups in total. The Hall–Kier alpha value is -2.62. The van der Waals surface area contributed by atoms with E-state index in [4.69, 9.17) is 11.6 Å². The first kappa shape index (κ1) is 19.2. The SMILES string of the molecule is CC1=NN(c2ccccc2)C(=O)C1N=Nc1cc(C)c(Cl)cc1S(=O)(=O)O. The molecular formula is C17H15ClN4O4S. The van der Waals surface area contributed by atoms with Gasteiger partial charge in [0, 0.05) is 5.02 Å². The van der Waals surface area contributed by atoms with Crippen molar-refractivity contribution < 1.29 is 17.8 Å². The summed E-state index contributed by atoms with van der Waals surface area (Å²) in [6.07, 6.45) is 0. The van der Waals surface area contributed by atoms with Gasteiger partial charge in [-0.2, -0.15) is 28.8 Å². The van der Waals surface area contributed by atoms with Crippen molar-refractivity contribution in [2.24, 2.45) is 15.3 Å². The maximum absolute atomic E-state index is 12.6. The molecule has 1 atom stereocenters. The molecule has 1 heterocycles. The number of halogens is 1. The molecule has 1 amide bonds. The van der Waals surface area contributed by atoms with E-state index in [1.165, 1.54) is 11.1 Å². The summed E-state index contributed by atoms with van der Waals surface area (Å²) in [5.41, 5.74) is 1.43. The van der Waals surface area contributed by atoms with Gasteiger partial charge in [-0.15, -0.1) is 0 Å². The van der Waals surface area contributed by atoms with Crippen LogP contribution in [0.1, 0.15) is 12.5 Å². The fourth-order valence-corrected chi connectivity index (χ4v) is 3.36. The maximum atomic E-state index is 12.6. The Bertz CT molecular complexity index is 1070. The van der Waals surface area contributed by atoms with Crippen LogP contribution < -0.4 is 5.01 Å². The number of rotatable bonds is 4. The van der Waals surface area contributed by atoms with E-state index in [1.807, 2.05) is 6.07 Å². The van der Waals surface area contributed by atoms with Gasteiger partial charge in [-0.25, -0.2) is 0 Å². The number of hydrogen-bond acceptors (Lipinski definition) is 6. The highest BCUT2D eigenvalue weighted by atomic mass is 35.5. The summed E-state index contributed by atoms with van der Waals surface area (Å²) in [7, 11) is -4.56. The molecule has 0 aliphatic carbocycles. The number of carbonyl (C=O) groups excluding carboxylic acids is 1. The molecule has 3 rings (SSSR count). The number of para-hydroxylation sites is 1. The Morgan fingerprint density at radius 3 is 2.48 bits per heavy atom. The molecule has 0 bridgehead atoms. The van der Waals surface area contributed by atoms with Crippen molar-refractivity contribution in [3.63, 3.8) is 0 Å². The Kier molecular flexibility index (Phi) is 5.09. The molecule has 1 aliphatic rings.